The first-order valence-electron chi connectivity index (χ1n) is 8.10. The zero-order chi connectivity index (χ0) is 16.4. The van der Waals surface area contributed by atoms with Crippen LogP contribution in [0.1, 0.15) is 16.8 Å². The largest absolute Gasteiger partial charge is 0.455 e. The minimum atomic E-state index is 0.0833. The van der Waals surface area contributed by atoms with E-state index in [0.717, 1.165) is 24.7 Å². The minimum Gasteiger partial charge on any atom is -0.455 e. The van der Waals surface area contributed by atoms with Gasteiger partial charge in [-0.25, -0.2) is 4.99 Å². The molecule has 5 nitrogen and oxygen atoms in total. The maximum atomic E-state index is 12.5. The van der Waals surface area contributed by atoms with Gasteiger partial charge in [-0.1, -0.05) is 24.3 Å². The number of amidine groups is 1. The topological polar surface area (TPSA) is 51.1 Å². The van der Waals surface area contributed by atoms with Crippen molar-refractivity contribution in [3.63, 3.8) is 0 Å². The molecule has 0 aliphatic carbocycles. The first kappa shape index (κ1) is 14.9. The highest BCUT2D eigenvalue weighted by Crippen LogP contribution is 2.38. The summed E-state index contributed by atoms with van der Waals surface area (Å²) in [7, 11) is 0. The molecule has 2 aromatic rings. The van der Waals surface area contributed by atoms with Crippen molar-refractivity contribution in [2.24, 2.45) is 4.99 Å². The van der Waals surface area contributed by atoms with E-state index in [4.69, 9.17) is 14.5 Å². The molecule has 122 valence electrons. The third-order valence-corrected chi connectivity index (χ3v) is 4.21. The number of ketones is 1. The molecule has 24 heavy (non-hydrogen) atoms. The van der Waals surface area contributed by atoms with Gasteiger partial charge in [-0.05, 0) is 24.3 Å². The van der Waals surface area contributed by atoms with E-state index >= 15 is 0 Å². The van der Waals surface area contributed by atoms with Crippen molar-refractivity contribution in [1.82, 2.24) is 4.90 Å². The average Bonchev–Trinajstić information content (AvgIpc) is 2.64. The van der Waals surface area contributed by atoms with Gasteiger partial charge in [0.2, 0.25) is 0 Å². The zero-order valence-corrected chi connectivity index (χ0v) is 13.3. The molecule has 1 saturated heterocycles. The van der Waals surface area contributed by atoms with Gasteiger partial charge in [0.05, 0.1) is 19.6 Å². The monoisotopic (exact) mass is 322 g/mol. The van der Waals surface area contributed by atoms with E-state index in [1.54, 1.807) is 0 Å². The molecule has 0 aromatic heterocycles. The molecule has 0 spiro atoms. The molecule has 4 rings (SSSR count). The van der Waals surface area contributed by atoms with Crippen LogP contribution in [0.4, 0.5) is 5.69 Å². The van der Waals surface area contributed by atoms with Gasteiger partial charge in [-0.15, -0.1) is 0 Å². The molecule has 0 N–H and O–H groups in total. The smallest absolute Gasteiger partial charge is 0.172 e. The highest BCUT2D eigenvalue weighted by atomic mass is 16.5. The zero-order valence-electron chi connectivity index (χ0n) is 13.3. The van der Waals surface area contributed by atoms with Gasteiger partial charge in [0, 0.05) is 18.7 Å². The molecule has 5 heteroatoms. The Morgan fingerprint density at radius 3 is 2.58 bits per heavy atom. The predicted molar refractivity (Wildman–Crippen MR) is 91.4 cm³/mol. The number of aliphatic imine (C=N–C) groups is 1. The molecule has 0 amide bonds. The van der Waals surface area contributed by atoms with Crippen molar-refractivity contribution in [2.75, 3.05) is 26.3 Å². The number of Topliss-reactive ketones (excluding diaryl/α,β-unsaturated/α-hetero) is 1. The highest BCUT2D eigenvalue weighted by Gasteiger charge is 2.27. The van der Waals surface area contributed by atoms with Crippen molar-refractivity contribution in [3.05, 3.63) is 54.1 Å². The van der Waals surface area contributed by atoms with Crippen LogP contribution in [0.3, 0.4) is 0 Å². The maximum absolute atomic E-state index is 12.5. The fourth-order valence-corrected chi connectivity index (χ4v) is 2.97. The molecule has 0 radical (unpaired) electrons. The van der Waals surface area contributed by atoms with Crippen LogP contribution in [0.25, 0.3) is 0 Å². The van der Waals surface area contributed by atoms with Crippen LogP contribution in [0.2, 0.25) is 0 Å². The number of nitrogens with zero attached hydrogens (tertiary/aromatic N) is 2. The Balaban J connectivity index is 1.70. The number of carbonyl (C=O) groups is 1. The number of rotatable bonds is 2. The lowest BCUT2D eigenvalue weighted by atomic mass is 10.0. The number of fused-ring (bicyclic) bond motifs is 1. The van der Waals surface area contributed by atoms with Gasteiger partial charge in [0.25, 0.3) is 0 Å². The van der Waals surface area contributed by atoms with Gasteiger partial charge in [0.1, 0.15) is 17.3 Å². The summed E-state index contributed by atoms with van der Waals surface area (Å²) in [4.78, 5) is 19.4. The van der Waals surface area contributed by atoms with E-state index in [-0.39, 0.29) is 5.78 Å². The Morgan fingerprint density at radius 1 is 1.00 bits per heavy atom. The normalized spacial score (nSPS) is 17.2. The fourth-order valence-electron chi connectivity index (χ4n) is 2.97. The van der Waals surface area contributed by atoms with E-state index in [1.165, 1.54) is 0 Å². The number of para-hydroxylation sites is 2. The summed E-state index contributed by atoms with van der Waals surface area (Å²) < 4.78 is 11.3. The van der Waals surface area contributed by atoms with Gasteiger partial charge < -0.3 is 14.4 Å². The molecule has 0 saturated carbocycles. The summed E-state index contributed by atoms with van der Waals surface area (Å²) in [6.07, 6.45) is 0.335. The molecular formula is C19H18N2O3. The molecule has 0 atom stereocenters. The van der Waals surface area contributed by atoms with Crippen molar-refractivity contribution in [2.45, 2.75) is 6.42 Å². The molecule has 2 aliphatic rings. The van der Waals surface area contributed by atoms with Crippen LogP contribution in [0.5, 0.6) is 11.5 Å². The first-order chi connectivity index (χ1) is 11.8. The predicted octanol–water partition coefficient (Wildman–Crippen LogP) is 3.43. The van der Waals surface area contributed by atoms with E-state index in [2.05, 4.69) is 4.90 Å². The lowest BCUT2D eigenvalue weighted by Crippen LogP contribution is -2.42. The van der Waals surface area contributed by atoms with E-state index in [9.17, 15) is 4.79 Å². The summed E-state index contributed by atoms with van der Waals surface area (Å²) in [5.74, 6) is 2.23. The van der Waals surface area contributed by atoms with Gasteiger partial charge in [-0.3, -0.25) is 4.79 Å². The lowest BCUT2D eigenvalue weighted by molar-refractivity contribution is 0.0665. The van der Waals surface area contributed by atoms with Crippen LogP contribution in [0, 0.1) is 0 Å². The molecular weight excluding hydrogens is 304 g/mol. The molecule has 2 aromatic carbocycles. The molecule has 2 aliphatic heterocycles. The molecule has 0 bridgehead atoms. The number of carbonyl (C=O) groups excluding carboxylic acids is 1. The van der Waals surface area contributed by atoms with Gasteiger partial charge in [-0.2, -0.15) is 0 Å². The molecule has 2 heterocycles. The van der Waals surface area contributed by atoms with Crippen LogP contribution in [-0.4, -0.2) is 42.8 Å². The SMILES string of the molecule is O=C1CC(N2CCOCC2)=Nc2c(Oc3ccccc3)cccc21. The first-order valence-corrected chi connectivity index (χ1v) is 8.10. The number of benzene rings is 2. The number of hydrogen-bond donors (Lipinski definition) is 0. The second-order valence-corrected chi connectivity index (χ2v) is 5.79. The van der Waals surface area contributed by atoms with E-state index < -0.39 is 0 Å². The summed E-state index contributed by atoms with van der Waals surface area (Å²) in [5, 5.41) is 0. The Bertz CT molecular complexity index is 780. The Labute approximate surface area is 140 Å². The number of ether oxygens (including phenoxy) is 2. The van der Waals surface area contributed by atoms with Crippen molar-refractivity contribution >= 4 is 17.3 Å². The van der Waals surface area contributed by atoms with Crippen LogP contribution in [-0.2, 0) is 4.74 Å². The van der Waals surface area contributed by atoms with Crippen LogP contribution < -0.4 is 4.74 Å². The lowest BCUT2D eigenvalue weighted by Gasteiger charge is -2.31. The maximum Gasteiger partial charge on any atom is 0.172 e. The van der Waals surface area contributed by atoms with Crippen LogP contribution in [0.15, 0.2) is 53.5 Å². The molecule has 1 fully saturated rings. The van der Waals surface area contributed by atoms with Crippen LogP contribution >= 0.6 is 0 Å². The van der Waals surface area contributed by atoms with Gasteiger partial charge >= 0.3 is 0 Å². The third-order valence-electron chi connectivity index (χ3n) is 4.21. The van der Waals surface area contributed by atoms with Crippen molar-refractivity contribution < 1.29 is 14.3 Å². The summed E-state index contributed by atoms with van der Waals surface area (Å²) in [6.45, 7) is 2.87. The second kappa shape index (κ2) is 6.45. The summed E-state index contributed by atoms with van der Waals surface area (Å²) in [6, 6.07) is 15.0. The Morgan fingerprint density at radius 2 is 1.79 bits per heavy atom. The Hall–Kier alpha value is -2.66. The Kier molecular flexibility index (Phi) is 4.01. The van der Waals surface area contributed by atoms with Gasteiger partial charge in [0.15, 0.2) is 11.5 Å². The number of morpholine rings is 1. The standard InChI is InChI=1S/C19H18N2O3/c22-16-13-18(21-9-11-23-12-10-21)20-19-15(16)7-4-8-17(19)24-14-5-2-1-3-6-14/h1-8H,9-13H2. The number of hydrogen-bond acceptors (Lipinski definition) is 5. The summed E-state index contributed by atoms with van der Waals surface area (Å²) in [5.41, 5.74) is 1.25. The third kappa shape index (κ3) is 2.90. The average molecular weight is 322 g/mol. The fraction of sp³-hybridized carbons (Fsp3) is 0.263. The van der Waals surface area contributed by atoms with Crippen molar-refractivity contribution in [3.8, 4) is 11.5 Å². The van der Waals surface area contributed by atoms with E-state index in [0.29, 0.717) is 36.6 Å². The second-order valence-electron chi connectivity index (χ2n) is 5.79. The van der Waals surface area contributed by atoms with Crippen molar-refractivity contribution in [1.29, 1.82) is 0 Å². The van der Waals surface area contributed by atoms with E-state index in [1.807, 2.05) is 48.5 Å². The minimum absolute atomic E-state index is 0.0833. The summed E-state index contributed by atoms with van der Waals surface area (Å²) >= 11 is 0. The highest BCUT2D eigenvalue weighted by molar-refractivity contribution is 6.15. The molecule has 0 unspecified atom stereocenters. The quantitative estimate of drug-likeness (QED) is 0.850.